The number of piperazine rings is 1. The monoisotopic (exact) mass is 520 g/mol. The molecule has 1 saturated heterocycles. The molecule has 14 nitrogen and oxygen atoms in total. The summed E-state index contributed by atoms with van der Waals surface area (Å²) in [7, 11) is 2.00. The van der Waals surface area contributed by atoms with E-state index in [2.05, 4.69) is 19.9 Å². The van der Waals surface area contributed by atoms with E-state index in [4.69, 9.17) is 21.4 Å². The van der Waals surface area contributed by atoms with Crippen molar-refractivity contribution in [2.45, 2.75) is 18.8 Å². The molecule has 15 heteroatoms. The van der Waals surface area contributed by atoms with E-state index in [1.165, 1.54) is 23.5 Å². The van der Waals surface area contributed by atoms with E-state index in [1.807, 2.05) is 7.05 Å². The molecule has 2 aromatic rings. The summed E-state index contributed by atoms with van der Waals surface area (Å²) >= 11 is 5.89. The molecule has 36 heavy (non-hydrogen) atoms. The number of hydrogen-bond acceptors (Lipinski definition) is 12. The maximum Gasteiger partial charge on any atom is 0.412 e. The highest BCUT2D eigenvalue weighted by atomic mass is 35.5. The van der Waals surface area contributed by atoms with Gasteiger partial charge in [-0.1, -0.05) is 11.6 Å². The first-order valence-corrected chi connectivity index (χ1v) is 10.9. The Balaban J connectivity index is 0.000000345. The highest BCUT2D eigenvalue weighted by Gasteiger charge is 2.44. The molecule has 1 N–H and O–H groups in total. The topological polar surface area (TPSA) is 192 Å². The van der Waals surface area contributed by atoms with Crippen LogP contribution in [0.4, 0.5) is 10.6 Å². The maximum absolute atomic E-state index is 12.8. The number of pyridine rings is 1. The number of nitrogens with zero attached hydrogens (tertiary/aromatic N) is 6. The van der Waals surface area contributed by atoms with E-state index in [1.54, 1.807) is 17.0 Å². The van der Waals surface area contributed by atoms with E-state index in [0.29, 0.717) is 29.6 Å². The Morgan fingerprint density at radius 2 is 1.81 bits per heavy atom. The number of carbonyl (C=O) groups is 4. The molecule has 4 rings (SSSR count). The molecule has 0 aromatic carbocycles. The molecular weight excluding hydrogens is 500 g/mol. The molecule has 192 valence electrons. The highest BCUT2D eigenvalue weighted by Crippen LogP contribution is 2.35. The molecule has 0 bridgehead atoms. The van der Waals surface area contributed by atoms with Crippen LogP contribution in [0.5, 0.6) is 0 Å². The summed E-state index contributed by atoms with van der Waals surface area (Å²) in [5.41, 5.74) is 0.437. The lowest BCUT2D eigenvalue weighted by Crippen LogP contribution is -2.48. The van der Waals surface area contributed by atoms with Crippen molar-refractivity contribution in [3.63, 3.8) is 0 Å². The van der Waals surface area contributed by atoms with E-state index < -0.39 is 42.7 Å². The van der Waals surface area contributed by atoms with E-state index in [9.17, 15) is 29.4 Å². The Labute approximate surface area is 209 Å². The van der Waals surface area contributed by atoms with Crippen LogP contribution in [0, 0.1) is 0 Å². The number of fused-ring (bicyclic) bond motifs is 1. The zero-order chi connectivity index (χ0) is 26.4. The average Bonchev–Trinajstić information content (AvgIpc) is 3.11. The average molecular weight is 521 g/mol. The van der Waals surface area contributed by atoms with Crippen molar-refractivity contribution < 1.29 is 39.2 Å². The van der Waals surface area contributed by atoms with Crippen molar-refractivity contribution >= 4 is 41.4 Å². The second-order valence-corrected chi connectivity index (χ2v) is 8.17. The third-order valence-electron chi connectivity index (χ3n) is 5.18. The SMILES string of the molecule is CN1CCN(C(=O)O[C@H]2c3nccnc3C(=O)N2c2ccc(Cl)cn2)CC1.O=C([O-])C[C@@H](O)C(=O)[O-]. The van der Waals surface area contributed by atoms with Gasteiger partial charge >= 0.3 is 6.09 Å². The summed E-state index contributed by atoms with van der Waals surface area (Å²) in [6.45, 7) is 2.64. The van der Waals surface area contributed by atoms with Gasteiger partial charge in [-0.2, -0.15) is 0 Å². The first kappa shape index (κ1) is 26.7. The van der Waals surface area contributed by atoms with Crippen LogP contribution < -0.4 is 15.1 Å². The number of aliphatic hydroxyl groups is 1. The zero-order valence-corrected chi connectivity index (χ0v) is 19.7. The number of likely N-dealkylation sites (N-methyl/N-ethyl adjacent to an activating group) is 1. The zero-order valence-electron chi connectivity index (χ0n) is 18.9. The predicted octanol–water partition coefficient (Wildman–Crippen LogP) is -2.19. The van der Waals surface area contributed by atoms with E-state index in [-0.39, 0.29) is 5.69 Å². The Kier molecular flexibility index (Phi) is 8.68. The largest absolute Gasteiger partial charge is 0.550 e. The maximum atomic E-state index is 12.8. The summed E-state index contributed by atoms with van der Waals surface area (Å²) in [4.78, 5) is 62.1. The molecule has 0 aliphatic carbocycles. The standard InChI is InChI=1S/C17H17ClN6O3.C4H6O5/c1-22-6-8-23(9-7-22)17(26)27-16-14-13(19-4-5-20-14)15(25)24(16)12-3-2-11(18)10-21-12;5-2(4(8)9)1-3(6)7/h2-5,10,16H,6-9H2,1H3;2,5H,1H2,(H,6,7)(H,8,9)/p-2/t16-;2-/m01/s1. The van der Waals surface area contributed by atoms with Crippen molar-refractivity contribution in [3.8, 4) is 0 Å². The van der Waals surface area contributed by atoms with Crippen LogP contribution in [-0.2, 0) is 14.3 Å². The van der Waals surface area contributed by atoms with Crippen molar-refractivity contribution in [2.24, 2.45) is 0 Å². The lowest BCUT2D eigenvalue weighted by molar-refractivity contribution is -0.323. The normalized spacial score (nSPS) is 18.1. The lowest BCUT2D eigenvalue weighted by atomic mass is 10.3. The predicted molar refractivity (Wildman–Crippen MR) is 117 cm³/mol. The number of anilines is 1. The Hall–Kier alpha value is -3.88. The molecule has 0 saturated carbocycles. The number of aliphatic hydroxyl groups excluding tert-OH is 1. The number of aromatic nitrogens is 3. The summed E-state index contributed by atoms with van der Waals surface area (Å²) < 4.78 is 5.68. The van der Waals surface area contributed by atoms with Crippen LogP contribution >= 0.6 is 11.6 Å². The minimum Gasteiger partial charge on any atom is -0.550 e. The summed E-state index contributed by atoms with van der Waals surface area (Å²) in [5.74, 6) is -3.55. The first-order valence-electron chi connectivity index (χ1n) is 10.6. The molecule has 2 atom stereocenters. The van der Waals surface area contributed by atoms with Crippen LogP contribution in [0.25, 0.3) is 0 Å². The van der Waals surface area contributed by atoms with Gasteiger partial charge in [0, 0.05) is 57.2 Å². The molecule has 2 aliphatic heterocycles. The molecule has 2 aliphatic rings. The fraction of sp³-hybridized carbons (Fsp3) is 0.381. The van der Waals surface area contributed by atoms with Gasteiger partial charge in [-0.15, -0.1) is 0 Å². The van der Waals surface area contributed by atoms with Gasteiger partial charge in [-0.05, 0) is 19.2 Å². The molecule has 4 heterocycles. The number of amides is 2. The van der Waals surface area contributed by atoms with Crippen LogP contribution in [0.2, 0.25) is 5.02 Å². The van der Waals surface area contributed by atoms with Crippen LogP contribution in [0.15, 0.2) is 30.7 Å². The van der Waals surface area contributed by atoms with E-state index in [0.717, 1.165) is 13.1 Å². The fourth-order valence-corrected chi connectivity index (χ4v) is 3.39. The van der Waals surface area contributed by atoms with Gasteiger partial charge in [-0.25, -0.2) is 19.7 Å². The number of rotatable bonds is 5. The molecule has 1 fully saturated rings. The second kappa shape index (κ2) is 11.7. The summed E-state index contributed by atoms with van der Waals surface area (Å²) in [6.07, 6.45) is -0.109. The summed E-state index contributed by atoms with van der Waals surface area (Å²) in [5, 5.41) is 27.8. The summed E-state index contributed by atoms with van der Waals surface area (Å²) in [6, 6.07) is 3.20. The molecule has 0 unspecified atom stereocenters. The quantitative estimate of drug-likeness (QED) is 0.448. The van der Waals surface area contributed by atoms with Gasteiger partial charge < -0.3 is 39.4 Å². The molecule has 2 aromatic heterocycles. The fourth-order valence-electron chi connectivity index (χ4n) is 3.28. The van der Waals surface area contributed by atoms with Crippen molar-refractivity contribution in [3.05, 3.63) is 47.1 Å². The molecule has 0 radical (unpaired) electrons. The van der Waals surface area contributed by atoms with Crippen LogP contribution in [0.1, 0.15) is 28.8 Å². The Bertz CT molecular complexity index is 1130. The van der Waals surface area contributed by atoms with Gasteiger partial charge in [0.1, 0.15) is 11.5 Å². The molecule has 2 amide bonds. The number of carbonyl (C=O) groups excluding carboxylic acids is 4. The Morgan fingerprint density at radius 3 is 2.36 bits per heavy atom. The lowest BCUT2D eigenvalue weighted by Gasteiger charge is -2.33. The van der Waals surface area contributed by atoms with Gasteiger partial charge in [-0.3, -0.25) is 9.78 Å². The Morgan fingerprint density at radius 1 is 1.14 bits per heavy atom. The molecule has 0 spiro atoms. The minimum atomic E-state index is -1.96. The third-order valence-corrected chi connectivity index (χ3v) is 5.40. The third kappa shape index (κ3) is 6.41. The number of hydrogen-bond donors (Lipinski definition) is 1. The van der Waals surface area contributed by atoms with Crippen LogP contribution in [-0.4, -0.2) is 93.1 Å². The van der Waals surface area contributed by atoms with Gasteiger partial charge in [0.05, 0.1) is 17.1 Å². The minimum absolute atomic E-state index is 0.144. The van der Waals surface area contributed by atoms with Crippen molar-refractivity contribution in [2.75, 3.05) is 38.1 Å². The smallest absolute Gasteiger partial charge is 0.412 e. The number of carboxylic acid groups (broad SMARTS) is 2. The number of ether oxygens (including phenoxy) is 1. The molecular formula is C21H21ClN6O8-2. The van der Waals surface area contributed by atoms with Gasteiger partial charge in [0.2, 0.25) is 6.23 Å². The van der Waals surface area contributed by atoms with Crippen molar-refractivity contribution in [1.82, 2.24) is 24.8 Å². The number of aliphatic carboxylic acids is 2. The van der Waals surface area contributed by atoms with Crippen molar-refractivity contribution in [1.29, 1.82) is 0 Å². The van der Waals surface area contributed by atoms with Gasteiger partial charge in [0.25, 0.3) is 5.91 Å². The van der Waals surface area contributed by atoms with Crippen LogP contribution in [0.3, 0.4) is 0 Å². The number of halogens is 1. The van der Waals surface area contributed by atoms with Gasteiger partial charge in [0.15, 0.2) is 5.69 Å². The van der Waals surface area contributed by atoms with E-state index >= 15 is 0 Å². The number of carboxylic acids is 2. The highest BCUT2D eigenvalue weighted by molar-refractivity contribution is 6.30. The second-order valence-electron chi connectivity index (χ2n) is 7.74. The first-order chi connectivity index (χ1) is 17.1.